The maximum Gasteiger partial charge on any atom is 0.123 e. The summed E-state index contributed by atoms with van der Waals surface area (Å²) in [6.45, 7) is 2.07. The first kappa shape index (κ1) is 13.8. The minimum absolute atomic E-state index is 0.132. The molecule has 1 unspecified atom stereocenters. The van der Waals surface area contributed by atoms with Crippen molar-refractivity contribution in [3.05, 3.63) is 35.1 Å². The van der Waals surface area contributed by atoms with Gasteiger partial charge in [-0.15, -0.1) is 0 Å². The van der Waals surface area contributed by atoms with Gasteiger partial charge in [-0.1, -0.05) is 6.07 Å². The van der Waals surface area contributed by atoms with Crippen molar-refractivity contribution in [1.82, 2.24) is 0 Å². The van der Waals surface area contributed by atoms with E-state index in [2.05, 4.69) is 6.92 Å². The van der Waals surface area contributed by atoms with Gasteiger partial charge >= 0.3 is 0 Å². The Morgan fingerprint density at radius 3 is 2.33 bits per heavy atom. The third-order valence-corrected chi connectivity index (χ3v) is 6.56. The predicted molar refractivity (Wildman–Crippen MR) is 83.4 cm³/mol. The molecule has 1 aromatic carbocycles. The van der Waals surface area contributed by atoms with E-state index in [1.54, 1.807) is 12.1 Å². The Labute approximate surface area is 127 Å². The summed E-state index contributed by atoms with van der Waals surface area (Å²) in [5.41, 5.74) is 8.91. The monoisotopic (exact) mass is 287 g/mol. The number of rotatable bonds is 3. The number of halogens is 1. The van der Waals surface area contributed by atoms with Crippen LogP contribution in [-0.4, -0.2) is 6.04 Å². The van der Waals surface area contributed by atoms with Gasteiger partial charge in [0.2, 0.25) is 0 Å². The molecule has 4 fully saturated rings. The summed E-state index contributed by atoms with van der Waals surface area (Å²) < 4.78 is 13.5. The summed E-state index contributed by atoms with van der Waals surface area (Å²) in [4.78, 5) is 0. The van der Waals surface area contributed by atoms with Crippen molar-refractivity contribution in [2.45, 2.75) is 51.5 Å². The van der Waals surface area contributed by atoms with E-state index < -0.39 is 0 Å². The van der Waals surface area contributed by atoms with Crippen LogP contribution in [0.3, 0.4) is 0 Å². The van der Waals surface area contributed by atoms with Crippen LogP contribution in [0.15, 0.2) is 18.2 Å². The molecular formula is C19H26FN. The Hall–Kier alpha value is -0.890. The van der Waals surface area contributed by atoms with Crippen molar-refractivity contribution in [1.29, 1.82) is 0 Å². The van der Waals surface area contributed by atoms with Gasteiger partial charge in [-0.3, -0.25) is 0 Å². The lowest BCUT2D eigenvalue weighted by Gasteiger charge is -2.56. The second-order valence-corrected chi connectivity index (χ2v) is 7.95. The lowest BCUT2D eigenvalue weighted by atomic mass is 9.50. The summed E-state index contributed by atoms with van der Waals surface area (Å²) in [6.07, 6.45) is 7.97. The average molecular weight is 287 g/mol. The molecule has 2 N–H and O–H groups in total. The lowest BCUT2D eigenvalue weighted by molar-refractivity contribution is -0.0465. The molecule has 4 aliphatic carbocycles. The van der Waals surface area contributed by atoms with Crippen LogP contribution in [0.1, 0.15) is 43.2 Å². The molecule has 0 amide bonds. The molecule has 21 heavy (non-hydrogen) atoms. The van der Waals surface area contributed by atoms with Crippen LogP contribution in [-0.2, 0) is 6.42 Å². The Morgan fingerprint density at radius 1 is 1.10 bits per heavy atom. The smallest absolute Gasteiger partial charge is 0.123 e. The minimum atomic E-state index is -0.132. The topological polar surface area (TPSA) is 26.0 Å². The van der Waals surface area contributed by atoms with E-state index in [0.29, 0.717) is 5.92 Å². The first-order chi connectivity index (χ1) is 10.1. The Balaban J connectivity index is 1.52. The molecular weight excluding hydrogens is 261 g/mol. The highest BCUT2D eigenvalue weighted by Crippen LogP contribution is 2.57. The average Bonchev–Trinajstić information content (AvgIpc) is 2.41. The number of aryl methyl sites for hydroxylation is 1. The second-order valence-electron chi connectivity index (χ2n) is 7.95. The third-order valence-electron chi connectivity index (χ3n) is 6.56. The third kappa shape index (κ3) is 2.42. The van der Waals surface area contributed by atoms with Crippen LogP contribution < -0.4 is 5.73 Å². The van der Waals surface area contributed by atoms with E-state index in [4.69, 9.17) is 5.73 Å². The number of hydrogen-bond donors (Lipinski definition) is 1. The molecule has 4 bridgehead atoms. The van der Waals surface area contributed by atoms with E-state index in [1.807, 2.05) is 6.07 Å². The SMILES string of the molecule is Cc1ccc(F)cc1CC(N)C1C2CC3CC(C2)CC1C3. The quantitative estimate of drug-likeness (QED) is 0.891. The number of benzene rings is 1. The molecule has 1 aromatic rings. The van der Waals surface area contributed by atoms with Crippen LogP contribution in [0.2, 0.25) is 0 Å². The Bertz CT molecular complexity index is 510. The molecule has 0 saturated heterocycles. The zero-order valence-corrected chi connectivity index (χ0v) is 12.9. The first-order valence-electron chi connectivity index (χ1n) is 8.60. The second kappa shape index (κ2) is 5.08. The summed E-state index contributed by atoms with van der Waals surface area (Å²) in [5, 5.41) is 0. The van der Waals surface area contributed by atoms with Crippen LogP contribution in [0.5, 0.6) is 0 Å². The molecule has 0 aromatic heterocycles. The van der Waals surface area contributed by atoms with E-state index in [9.17, 15) is 4.39 Å². The van der Waals surface area contributed by atoms with Gasteiger partial charge in [-0.05, 0) is 98.3 Å². The highest BCUT2D eigenvalue weighted by atomic mass is 19.1. The van der Waals surface area contributed by atoms with E-state index in [1.165, 1.54) is 37.7 Å². The van der Waals surface area contributed by atoms with Crippen molar-refractivity contribution < 1.29 is 4.39 Å². The first-order valence-corrected chi connectivity index (χ1v) is 8.60. The van der Waals surface area contributed by atoms with Crippen molar-refractivity contribution in [3.63, 3.8) is 0 Å². The number of hydrogen-bond acceptors (Lipinski definition) is 1. The molecule has 2 heteroatoms. The fourth-order valence-corrected chi connectivity index (χ4v) is 5.92. The van der Waals surface area contributed by atoms with Gasteiger partial charge in [0, 0.05) is 6.04 Å². The van der Waals surface area contributed by atoms with Crippen LogP contribution in [0.25, 0.3) is 0 Å². The van der Waals surface area contributed by atoms with Gasteiger partial charge < -0.3 is 5.73 Å². The van der Waals surface area contributed by atoms with Gasteiger partial charge in [-0.25, -0.2) is 4.39 Å². The fourth-order valence-electron chi connectivity index (χ4n) is 5.92. The summed E-state index contributed by atoms with van der Waals surface area (Å²) in [7, 11) is 0. The van der Waals surface area contributed by atoms with Gasteiger partial charge in [0.15, 0.2) is 0 Å². The molecule has 0 spiro atoms. The van der Waals surface area contributed by atoms with E-state index in [-0.39, 0.29) is 11.9 Å². The zero-order valence-electron chi connectivity index (χ0n) is 12.9. The Kier molecular flexibility index (Phi) is 3.33. The summed E-state index contributed by atoms with van der Waals surface area (Å²) >= 11 is 0. The molecule has 114 valence electrons. The highest BCUT2D eigenvalue weighted by Gasteiger charge is 2.49. The number of nitrogens with two attached hydrogens (primary N) is 1. The standard InChI is InChI=1S/C19H26FN/c1-11-2-3-17(20)9-14(11)10-18(21)19-15-5-12-4-13(7-15)8-16(19)6-12/h2-3,9,12-13,15-16,18-19H,4-8,10,21H2,1H3. The van der Waals surface area contributed by atoms with E-state index in [0.717, 1.165) is 35.7 Å². The minimum Gasteiger partial charge on any atom is -0.327 e. The predicted octanol–water partition coefficient (Wildman–Crippen LogP) is 4.08. The van der Waals surface area contributed by atoms with Gasteiger partial charge in [-0.2, -0.15) is 0 Å². The summed E-state index contributed by atoms with van der Waals surface area (Å²) in [6, 6.07) is 5.33. The molecule has 0 aliphatic heterocycles. The fraction of sp³-hybridized carbons (Fsp3) is 0.684. The normalized spacial score (nSPS) is 38.7. The maximum atomic E-state index is 13.5. The van der Waals surface area contributed by atoms with Crippen molar-refractivity contribution in [2.24, 2.45) is 35.3 Å². The van der Waals surface area contributed by atoms with Gasteiger partial charge in [0.1, 0.15) is 5.82 Å². The molecule has 5 rings (SSSR count). The van der Waals surface area contributed by atoms with Crippen molar-refractivity contribution in [2.75, 3.05) is 0 Å². The van der Waals surface area contributed by atoms with Crippen LogP contribution >= 0.6 is 0 Å². The molecule has 1 nitrogen and oxygen atoms in total. The highest BCUT2D eigenvalue weighted by molar-refractivity contribution is 5.27. The Morgan fingerprint density at radius 2 is 1.71 bits per heavy atom. The lowest BCUT2D eigenvalue weighted by Crippen LogP contribution is -2.52. The van der Waals surface area contributed by atoms with Crippen molar-refractivity contribution >= 4 is 0 Å². The molecule has 0 radical (unpaired) electrons. The van der Waals surface area contributed by atoms with Gasteiger partial charge in [0.25, 0.3) is 0 Å². The van der Waals surface area contributed by atoms with Gasteiger partial charge in [0.05, 0.1) is 0 Å². The van der Waals surface area contributed by atoms with Crippen LogP contribution in [0, 0.1) is 42.3 Å². The maximum absolute atomic E-state index is 13.5. The summed E-state index contributed by atoms with van der Waals surface area (Å²) in [5.74, 6) is 4.24. The van der Waals surface area contributed by atoms with Crippen LogP contribution in [0.4, 0.5) is 4.39 Å². The molecule has 1 atom stereocenters. The molecule has 4 aliphatic rings. The van der Waals surface area contributed by atoms with Crippen molar-refractivity contribution in [3.8, 4) is 0 Å². The molecule has 0 heterocycles. The van der Waals surface area contributed by atoms with E-state index >= 15 is 0 Å². The molecule has 4 saturated carbocycles. The zero-order chi connectivity index (χ0) is 14.6. The largest absolute Gasteiger partial charge is 0.327 e.